The summed E-state index contributed by atoms with van der Waals surface area (Å²) in [6.07, 6.45) is 0.611. The van der Waals surface area contributed by atoms with E-state index in [1.54, 1.807) is 34.1 Å². The Balaban J connectivity index is 1.78. The van der Waals surface area contributed by atoms with Gasteiger partial charge in [-0.1, -0.05) is 0 Å². The van der Waals surface area contributed by atoms with Crippen LogP contribution in [0.1, 0.15) is 27.2 Å². The largest absolute Gasteiger partial charge is 0.484 e. The zero-order valence-corrected chi connectivity index (χ0v) is 18.5. The smallest absolute Gasteiger partial charge is 0.410 e. The molecular formula is C21H29N5O6. The average molecular weight is 447 g/mol. The maximum absolute atomic E-state index is 12.4. The number of ether oxygens (including phenoxy) is 2. The number of rotatable bonds is 8. The maximum Gasteiger partial charge on any atom is 0.410 e. The minimum Gasteiger partial charge on any atom is -0.484 e. The van der Waals surface area contributed by atoms with Crippen molar-refractivity contribution < 1.29 is 29.0 Å². The molecule has 3 N–H and O–H groups in total. The lowest BCUT2D eigenvalue weighted by Crippen LogP contribution is -2.52. The van der Waals surface area contributed by atoms with Crippen molar-refractivity contribution in [2.45, 2.75) is 32.8 Å². The van der Waals surface area contributed by atoms with Crippen molar-refractivity contribution in [3.05, 3.63) is 36.2 Å². The molecule has 1 saturated heterocycles. The number of amides is 2. The summed E-state index contributed by atoms with van der Waals surface area (Å²) in [6.45, 7) is 6.95. The average Bonchev–Trinajstić information content (AvgIpc) is 2.74. The second kappa shape index (κ2) is 11.1. The number of carbonyl (C=O) groups excluding carboxylic acids is 2. The Morgan fingerprint density at radius 3 is 2.25 bits per heavy atom. The number of carboxylic acid groups (broad SMARTS) is 1. The fraction of sp³-hybridized carbons (Fsp3) is 0.476. The van der Waals surface area contributed by atoms with E-state index in [0.29, 0.717) is 37.6 Å². The van der Waals surface area contributed by atoms with Gasteiger partial charge in [-0.15, -0.1) is 0 Å². The second-order valence-corrected chi connectivity index (χ2v) is 8.12. The molecular weight excluding hydrogens is 418 g/mol. The van der Waals surface area contributed by atoms with Gasteiger partial charge in [-0.3, -0.25) is 9.59 Å². The summed E-state index contributed by atoms with van der Waals surface area (Å²) in [7, 11) is 0. The standard InChI is InChI=1S/C21H29N5O6/c1-21(2,3)32-20(30)26-10-8-25(9-11-26)18(27)14-31-17-6-4-15(5-7-17)23-13-16(24-22)12-19(28)29/h4-7,13,22-23H,8-12,14H2,1-3H3,(H,28,29)/b16-13-,24-22?. The highest BCUT2D eigenvalue weighted by Gasteiger charge is 2.27. The number of anilines is 1. The number of hydrogen-bond donors (Lipinski definition) is 3. The highest BCUT2D eigenvalue weighted by atomic mass is 16.6. The van der Waals surface area contributed by atoms with Crippen LogP contribution >= 0.6 is 0 Å². The Morgan fingerprint density at radius 2 is 1.72 bits per heavy atom. The molecule has 32 heavy (non-hydrogen) atoms. The molecule has 0 bridgehead atoms. The SMILES string of the molecule is CC(C)(C)OC(=O)N1CCN(C(=O)COc2ccc(N/C=C(/CC(=O)O)N=N)cc2)CC1. The Bertz CT molecular complexity index is 854. The number of nitrogens with one attached hydrogen (secondary N) is 2. The lowest BCUT2D eigenvalue weighted by Gasteiger charge is -2.35. The molecule has 0 radical (unpaired) electrons. The predicted molar refractivity (Wildman–Crippen MR) is 115 cm³/mol. The van der Waals surface area contributed by atoms with Crippen LogP contribution in [-0.4, -0.2) is 71.3 Å². The Kier molecular flexibility index (Phi) is 8.56. The first-order chi connectivity index (χ1) is 15.1. The van der Waals surface area contributed by atoms with Crippen LogP contribution in [0.4, 0.5) is 10.5 Å². The maximum atomic E-state index is 12.4. The van der Waals surface area contributed by atoms with Crippen molar-refractivity contribution in [2.75, 3.05) is 38.1 Å². The summed E-state index contributed by atoms with van der Waals surface area (Å²) >= 11 is 0. The molecule has 174 valence electrons. The van der Waals surface area contributed by atoms with Gasteiger partial charge in [0.2, 0.25) is 0 Å². The molecule has 1 aliphatic heterocycles. The van der Waals surface area contributed by atoms with Crippen molar-refractivity contribution in [3.63, 3.8) is 0 Å². The summed E-state index contributed by atoms with van der Waals surface area (Å²) in [6, 6.07) is 6.72. The summed E-state index contributed by atoms with van der Waals surface area (Å²) in [5.41, 5.74) is 7.14. The number of hydrogen-bond acceptors (Lipinski definition) is 8. The van der Waals surface area contributed by atoms with E-state index < -0.39 is 11.6 Å². The molecule has 11 nitrogen and oxygen atoms in total. The molecule has 11 heteroatoms. The topological polar surface area (TPSA) is 145 Å². The van der Waals surface area contributed by atoms with Gasteiger partial charge in [0.25, 0.3) is 5.91 Å². The number of benzene rings is 1. The molecule has 0 spiro atoms. The molecule has 1 aliphatic rings. The molecule has 2 rings (SSSR count). The van der Waals surface area contributed by atoms with Crippen molar-refractivity contribution in [1.29, 1.82) is 5.53 Å². The molecule has 0 unspecified atom stereocenters. The Hall–Kier alpha value is -3.63. The van der Waals surface area contributed by atoms with Gasteiger partial charge in [0.15, 0.2) is 6.61 Å². The number of piperazine rings is 1. The third-order valence-electron chi connectivity index (χ3n) is 4.38. The van der Waals surface area contributed by atoms with Gasteiger partial charge in [-0.2, -0.15) is 5.11 Å². The minimum absolute atomic E-state index is 0.0789. The molecule has 0 atom stereocenters. The lowest BCUT2D eigenvalue weighted by atomic mass is 10.2. The number of carbonyl (C=O) groups is 3. The number of aliphatic carboxylic acids is 1. The van der Waals surface area contributed by atoms with Crippen LogP contribution in [0.15, 0.2) is 41.3 Å². The first kappa shape index (κ1) is 24.6. The fourth-order valence-corrected chi connectivity index (χ4v) is 2.79. The van der Waals surface area contributed by atoms with Gasteiger partial charge in [0.1, 0.15) is 11.4 Å². The quantitative estimate of drug-likeness (QED) is 0.520. The predicted octanol–water partition coefficient (Wildman–Crippen LogP) is 2.90. The summed E-state index contributed by atoms with van der Waals surface area (Å²) < 4.78 is 10.9. The molecule has 1 aromatic carbocycles. The summed E-state index contributed by atoms with van der Waals surface area (Å²) in [5, 5.41) is 14.8. The highest BCUT2D eigenvalue weighted by molar-refractivity contribution is 5.78. The van der Waals surface area contributed by atoms with Crippen molar-refractivity contribution >= 4 is 23.7 Å². The van der Waals surface area contributed by atoms with E-state index in [1.165, 1.54) is 6.20 Å². The van der Waals surface area contributed by atoms with E-state index in [4.69, 9.17) is 20.1 Å². The zero-order valence-electron chi connectivity index (χ0n) is 18.5. The second-order valence-electron chi connectivity index (χ2n) is 8.12. The van der Waals surface area contributed by atoms with Crippen LogP contribution in [0.5, 0.6) is 5.75 Å². The Morgan fingerprint density at radius 1 is 1.12 bits per heavy atom. The lowest BCUT2D eigenvalue weighted by molar-refractivity contribution is -0.136. The monoisotopic (exact) mass is 447 g/mol. The number of nitrogens with zero attached hydrogens (tertiary/aromatic N) is 3. The first-order valence-corrected chi connectivity index (χ1v) is 10.1. The van der Waals surface area contributed by atoms with E-state index in [9.17, 15) is 14.4 Å². The van der Waals surface area contributed by atoms with Crippen LogP contribution in [0, 0.1) is 5.53 Å². The van der Waals surface area contributed by atoms with Gasteiger partial charge in [-0.25, -0.2) is 10.3 Å². The van der Waals surface area contributed by atoms with Crippen LogP contribution in [0.25, 0.3) is 0 Å². The summed E-state index contributed by atoms with van der Waals surface area (Å²) in [4.78, 5) is 38.4. The van der Waals surface area contributed by atoms with E-state index in [1.807, 2.05) is 20.8 Å². The van der Waals surface area contributed by atoms with Crippen molar-refractivity contribution in [3.8, 4) is 5.75 Å². The third kappa shape index (κ3) is 8.25. The molecule has 1 aromatic rings. The Labute approximate surface area is 186 Å². The third-order valence-corrected chi connectivity index (χ3v) is 4.38. The molecule has 0 aliphatic carbocycles. The van der Waals surface area contributed by atoms with E-state index in [-0.39, 0.29) is 30.7 Å². The van der Waals surface area contributed by atoms with Crippen molar-refractivity contribution in [1.82, 2.24) is 9.80 Å². The van der Waals surface area contributed by atoms with Crippen LogP contribution in [0.2, 0.25) is 0 Å². The summed E-state index contributed by atoms with van der Waals surface area (Å²) in [5.74, 6) is -0.751. The fourth-order valence-electron chi connectivity index (χ4n) is 2.79. The van der Waals surface area contributed by atoms with Crippen LogP contribution in [0.3, 0.4) is 0 Å². The first-order valence-electron chi connectivity index (χ1n) is 10.1. The minimum atomic E-state index is -1.08. The van der Waals surface area contributed by atoms with Crippen LogP contribution in [-0.2, 0) is 14.3 Å². The van der Waals surface area contributed by atoms with Gasteiger partial charge in [-0.05, 0) is 45.0 Å². The van der Waals surface area contributed by atoms with Gasteiger partial charge in [0.05, 0.1) is 12.1 Å². The van der Waals surface area contributed by atoms with E-state index in [0.717, 1.165) is 0 Å². The van der Waals surface area contributed by atoms with Gasteiger partial charge >= 0.3 is 12.1 Å². The van der Waals surface area contributed by atoms with E-state index >= 15 is 0 Å². The zero-order chi connectivity index (χ0) is 23.7. The van der Waals surface area contributed by atoms with E-state index in [2.05, 4.69) is 10.4 Å². The molecule has 1 heterocycles. The molecule has 1 fully saturated rings. The van der Waals surface area contributed by atoms with Crippen LogP contribution < -0.4 is 10.1 Å². The van der Waals surface area contributed by atoms with Gasteiger partial charge in [0, 0.05) is 38.1 Å². The molecule has 2 amide bonds. The number of carboxylic acids is 1. The van der Waals surface area contributed by atoms with Crippen molar-refractivity contribution in [2.24, 2.45) is 5.11 Å². The van der Waals surface area contributed by atoms with Gasteiger partial charge < -0.3 is 29.7 Å². The molecule has 0 saturated carbocycles. The molecule has 0 aromatic heterocycles. The highest BCUT2D eigenvalue weighted by Crippen LogP contribution is 2.17. The normalized spacial score (nSPS) is 14.5.